The standard InChI is InChI=1S/C15H20N4OS/c1-4-16-14-8-7-13(17-18-14)15(20)19(3)11(2)10-12-6-5-9-21-12/h5-9,11H,4,10H2,1-3H3,(H,16,18). The normalized spacial score (nSPS) is 12.0. The zero-order valence-corrected chi connectivity index (χ0v) is 13.4. The second-order valence-corrected chi connectivity index (χ2v) is 5.91. The van der Waals surface area contributed by atoms with Gasteiger partial charge >= 0.3 is 0 Å². The molecule has 2 heterocycles. The van der Waals surface area contributed by atoms with Crippen molar-refractivity contribution in [2.45, 2.75) is 26.3 Å². The summed E-state index contributed by atoms with van der Waals surface area (Å²) in [5, 5.41) is 13.1. The molecule has 5 nitrogen and oxygen atoms in total. The van der Waals surface area contributed by atoms with Crippen LogP contribution in [-0.2, 0) is 6.42 Å². The molecule has 1 atom stereocenters. The lowest BCUT2D eigenvalue weighted by Gasteiger charge is -2.24. The molecule has 0 aliphatic rings. The van der Waals surface area contributed by atoms with Crippen LogP contribution in [0.25, 0.3) is 0 Å². The number of anilines is 1. The SMILES string of the molecule is CCNc1ccc(C(=O)N(C)C(C)Cc2cccs2)nn1. The molecule has 0 aliphatic carbocycles. The van der Waals surface area contributed by atoms with Gasteiger partial charge in [-0.2, -0.15) is 0 Å². The number of thiophene rings is 1. The molecule has 21 heavy (non-hydrogen) atoms. The van der Waals surface area contributed by atoms with Crippen LogP contribution in [0.2, 0.25) is 0 Å². The van der Waals surface area contributed by atoms with E-state index in [1.165, 1.54) is 4.88 Å². The first-order chi connectivity index (χ1) is 10.1. The Labute approximate surface area is 129 Å². The Morgan fingerprint density at radius 2 is 2.19 bits per heavy atom. The first-order valence-corrected chi connectivity index (χ1v) is 7.87. The molecule has 0 saturated heterocycles. The van der Waals surface area contributed by atoms with Gasteiger partial charge in [0.25, 0.3) is 5.91 Å². The van der Waals surface area contributed by atoms with E-state index in [1.807, 2.05) is 19.9 Å². The molecule has 2 aromatic rings. The lowest BCUT2D eigenvalue weighted by molar-refractivity contribution is 0.0737. The van der Waals surface area contributed by atoms with E-state index >= 15 is 0 Å². The summed E-state index contributed by atoms with van der Waals surface area (Å²) < 4.78 is 0. The van der Waals surface area contributed by atoms with E-state index in [1.54, 1.807) is 35.4 Å². The van der Waals surface area contributed by atoms with Crippen LogP contribution >= 0.6 is 11.3 Å². The monoisotopic (exact) mass is 304 g/mol. The number of likely N-dealkylation sites (N-methyl/N-ethyl adjacent to an activating group) is 1. The summed E-state index contributed by atoms with van der Waals surface area (Å²) in [5.74, 6) is 0.581. The Balaban J connectivity index is 2.00. The van der Waals surface area contributed by atoms with Gasteiger partial charge in [0.15, 0.2) is 5.69 Å². The van der Waals surface area contributed by atoms with Crippen LogP contribution in [0, 0.1) is 0 Å². The summed E-state index contributed by atoms with van der Waals surface area (Å²) >= 11 is 1.71. The van der Waals surface area contributed by atoms with Crippen LogP contribution in [0.5, 0.6) is 0 Å². The van der Waals surface area contributed by atoms with Crippen molar-refractivity contribution >= 4 is 23.1 Å². The number of aromatic nitrogens is 2. The van der Waals surface area contributed by atoms with Crippen molar-refractivity contribution in [2.75, 3.05) is 18.9 Å². The predicted octanol–water partition coefficient (Wildman–Crippen LogP) is 2.67. The largest absolute Gasteiger partial charge is 0.369 e. The molecular weight excluding hydrogens is 284 g/mol. The van der Waals surface area contributed by atoms with Crippen molar-refractivity contribution in [1.29, 1.82) is 0 Å². The van der Waals surface area contributed by atoms with Gasteiger partial charge in [0.2, 0.25) is 0 Å². The van der Waals surface area contributed by atoms with Crippen LogP contribution in [0.3, 0.4) is 0 Å². The molecule has 2 rings (SSSR count). The molecule has 0 fully saturated rings. The van der Waals surface area contributed by atoms with Gasteiger partial charge in [-0.15, -0.1) is 21.5 Å². The minimum Gasteiger partial charge on any atom is -0.369 e. The molecule has 0 aliphatic heterocycles. The number of hydrogen-bond acceptors (Lipinski definition) is 5. The van der Waals surface area contributed by atoms with Crippen LogP contribution in [0.4, 0.5) is 5.82 Å². The van der Waals surface area contributed by atoms with Crippen molar-refractivity contribution in [3.63, 3.8) is 0 Å². The number of carbonyl (C=O) groups is 1. The second-order valence-electron chi connectivity index (χ2n) is 4.88. The summed E-state index contributed by atoms with van der Waals surface area (Å²) in [6.45, 7) is 4.80. The van der Waals surface area contributed by atoms with E-state index in [2.05, 4.69) is 27.0 Å². The molecule has 0 saturated carbocycles. The molecule has 1 amide bonds. The molecule has 6 heteroatoms. The maximum absolute atomic E-state index is 12.4. The van der Waals surface area contributed by atoms with Gasteiger partial charge in [-0.3, -0.25) is 4.79 Å². The first-order valence-electron chi connectivity index (χ1n) is 6.99. The third-order valence-corrected chi connectivity index (χ3v) is 4.20. The summed E-state index contributed by atoms with van der Waals surface area (Å²) in [6, 6.07) is 7.72. The average Bonchev–Trinajstić information content (AvgIpc) is 3.00. The summed E-state index contributed by atoms with van der Waals surface area (Å²) in [5.41, 5.74) is 0.372. The first kappa shape index (κ1) is 15.4. The highest BCUT2D eigenvalue weighted by Crippen LogP contribution is 2.15. The van der Waals surface area contributed by atoms with Gasteiger partial charge < -0.3 is 10.2 Å². The Bertz CT molecular complexity index is 568. The third kappa shape index (κ3) is 4.01. The number of nitrogens with zero attached hydrogens (tertiary/aromatic N) is 3. The highest BCUT2D eigenvalue weighted by Gasteiger charge is 2.19. The highest BCUT2D eigenvalue weighted by molar-refractivity contribution is 7.09. The van der Waals surface area contributed by atoms with E-state index in [-0.39, 0.29) is 11.9 Å². The third-order valence-electron chi connectivity index (χ3n) is 3.30. The van der Waals surface area contributed by atoms with E-state index in [0.717, 1.165) is 13.0 Å². The maximum atomic E-state index is 12.4. The molecule has 0 aromatic carbocycles. The summed E-state index contributed by atoms with van der Waals surface area (Å²) in [7, 11) is 1.81. The van der Waals surface area contributed by atoms with E-state index in [9.17, 15) is 4.79 Å². The quantitative estimate of drug-likeness (QED) is 0.891. The molecule has 112 valence electrons. The molecule has 0 spiro atoms. The smallest absolute Gasteiger partial charge is 0.274 e. The highest BCUT2D eigenvalue weighted by atomic mass is 32.1. The average molecular weight is 304 g/mol. The lowest BCUT2D eigenvalue weighted by atomic mass is 10.1. The number of rotatable bonds is 6. The zero-order valence-electron chi connectivity index (χ0n) is 12.5. The van der Waals surface area contributed by atoms with Gasteiger partial charge in [-0.1, -0.05) is 6.07 Å². The van der Waals surface area contributed by atoms with Gasteiger partial charge in [0.05, 0.1) is 0 Å². The second kappa shape index (κ2) is 7.17. The summed E-state index contributed by atoms with van der Waals surface area (Å²) in [4.78, 5) is 15.4. The topological polar surface area (TPSA) is 58.1 Å². The number of carbonyl (C=O) groups excluding carboxylic acids is 1. The Morgan fingerprint density at radius 3 is 2.76 bits per heavy atom. The van der Waals surface area contributed by atoms with Crippen molar-refractivity contribution in [3.05, 3.63) is 40.2 Å². The Morgan fingerprint density at radius 1 is 1.38 bits per heavy atom. The van der Waals surface area contributed by atoms with Crippen LogP contribution in [-0.4, -0.2) is 40.6 Å². The number of hydrogen-bond donors (Lipinski definition) is 1. The van der Waals surface area contributed by atoms with Gasteiger partial charge in [0.1, 0.15) is 5.82 Å². The fourth-order valence-electron chi connectivity index (χ4n) is 1.96. The number of amides is 1. The fraction of sp³-hybridized carbons (Fsp3) is 0.400. The van der Waals surface area contributed by atoms with Gasteiger partial charge in [-0.25, -0.2) is 0 Å². The molecule has 1 unspecified atom stereocenters. The van der Waals surface area contributed by atoms with Crippen LogP contribution in [0.15, 0.2) is 29.6 Å². The van der Waals surface area contributed by atoms with Crippen molar-refractivity contribution in [3.8, 4) is 0 Å². The predicted molar refractivity (Wildman–Crippen MR) is 85.8 cm³/mol. The van der Waals surface area contributed by atoms with Crippen molar-refractivity contribution in [1.82, 2.24) is 15.1 Å². The van der Waals surface area contributed by atoms with Crippen LogP contribution in [0.1, 0.15) is 29.2 Å². The zero-order chi connectivity index (χ0) is 15.2. The van der Waals surface area contributed by atoms with Gasteiger partial charge in [0, 0.05) is 30.9 Å². The fourth-order valence-corrected chi connectivity index (χ4v) is 2.79. The molecule has 1 N–H and O–H groups in total. The molecule has 0 bridgehead atoms. The lowest BCUT2D eigenvalue weighted by Crippen LogP contribution is -2.36. The minimum atomic E-state index is -0.102. The molecule has 0 radical (unpaired) electrons. The Kier molecular flexibility index (Phi) is 5.27. The Hall–Kier alpha value is -1.95. The molecule has 2 aromatic heterocycles. The summed E-state index contributed by atoms with van der Waals surface area (Å²) in [6.07, 6.45) is 0.850. The molecular formula is C15H20N4OS. The van der Waals surface area contributed by atoms with Crippen molar-refractivity contribution in [2.24, 2.45) is 0 Å². The number of nitrogens with one attached hydrogen (secondary N) is 1. The van der Waals surface area contributed by atoms with E-state index < -0.39 is 0 Å². The van der Waals surface area contributed by atoms with E-state index in [4.69, 9.17) is 0 Å². The minimum absolute atomic E-state index is 0.102. The maximum Gasteiger partial charge on any atom is 0.274 e. The van der Waals surface area contributed by atoms with Crippen molar-refractivity contribution < 1.29 is 4.79 Å². The van der Waals surface area contributed by atoms with E-state index in [0.29, 0.717) is 11.5 Å². The van der Waals surface area contributed by atoms with Gasteiger partial charge in [-0.05, 0) is 37.4 Å². The van der Waals surface area contributed by atoms with Crippen LogP contribution < -0.4 is 5.32 Å².